The number of hydrogen-bond acceptors (Lipinski definition) is 5. The van der Waals surface area contributed by atoms with Crippen molar-refractivity contribution in [2.24, 2.45) is 0 Å². The van der Waals surface area contributed by atoms with Crippen LogP contribution in [0.25, 0.3) is 0 Å². The second-order valence-corrected chi connectivity index (χ2v) is 5.83. The van der Waals surface area contributed by atoms with E-state index in [0.717, 1.165) is 5.56 Å². The van der Waals surface area contributed by atoms with Gasteiger partial charge in [-0.2, -0.15) is 0 Å². The van der Waals surface area contributed by atoms with Crippen LogP contribution >= 0.6 is 0 Å². The predicted molar refractivity (Wildman–Crippen MR) is 73.1 cm³/mol. The van der Waals surface area contributed by atoms with Gasteiger partial charge in [-0.3, -0.25) is 0 Å². The highest BCUT2D eigenvalue weighted by molar-refractivity contribution is 7.89. The molecule has 2 rings (SSSR count). The minimum absolute atomic E-state index is 0.140. The molecule has 7 heteroatoms. The van der Waals surface area contributed by atoms with E-state index in [9.17, 15) is 8.42 Å². The summed E-state index contributed by atoms with van der Waals surface area (Å²) in [5.74, 6) is 0. The Balaban J connectivity index is 2.16. The molecule has 0 unspecified atom stereocenters. The van der Waals surface area contributed by atoms with Crippen LogP contribution in [0.2, 0.25) is 0 Å². The molecule has 1 heterocycles. The van der Waals surface area contributed by atoms with E-state index in [4.69, 9.17) is 10.2 Å². The number of hydrogen-bond donors (Lipinski definition) is 3. The van der Waals surface area contributed by atoms with Gasteiger partial charge in [0.05, 0.1) is 28.8 Å². The molecule has 0 spiro atoms. The number of anilines is 2. The summed E-state index contributed by atoms with van der Waals surface area (Å²) in [5, 5.41) is 3.11. The monoisotopic (exact) mass is 281 g/mol. The van der Waals surface area contributed by atoms with Crippen molar-refractivity contribution in [2.75, 3.05) is 18.1 Å². The maximum atomic E-state index is 11.6. The zero-order valence-electron chi connectivity index (χ0n) is 10.4. The first-order valence-electron chi connectivity index (χ1n) is 5.61. The van der Waals surface area contributed by atoms with Crippen molar-refractivity contribution in [3.63, 3.8) is 0 Å². The van der Waals surface area contributed by atoms with E-state index in [1.54, 1.807) is 18.6 Å². The van der Waals surface area contributed by atoms with E-state index >= 15 is 0 Å². The second kappa shape index (κ2) is 5.33. The molecule has 0 fully saturated rings. The molecule has 0 amide bonds. The van der Waals surface area contributed by atoms with E-state index in [0.29, 0.717) is 17.9 Å². The first-order chi connectivity index (χ1) is 9.03. The number of nitrogens with one attached hydrogen (secondary N) is 2. The smallest absolute Gasteiger partial charge is 0.240 e. The summed E-state index contributed by atoms with van der Waals surface area (Å²) in [7, 11) is -2.11. The molecule has 0 saturated carbocycles. The lowest BCUT2D eigenvalue weighted by molar-refractivity contribution is 0.564. The molecule has 2 aromatic rings. The van der Waals surface area contributed by atoms with Crippen LogP contribution in [-0.2, 0) is 16.6 Å². The van der Waals surface area contributed by atoms with E-state index in [1.165, 1.54) is 19.2 Å². The van der Waals surface area contributed by atoms with Crippen molar-refractivity contribution in [3.05, 3.63) is 42.4 Å². The van der Waals surface area contributed by atoms with Gasteiger partial charge < -0.3 is 15.5 Å². The van der Waals surface area contributed by atoms with Crippen LogP contribution in [0.15, 0.2) is 46.1 Å². The number of benzene rings is 1. The highest BCUT2D eigenvalue weighted by Gasteiger charge is 2.12. The standard InChI is InChI=1S/C12H15N3O3S/c1-14-19(16,17)10-2-3-12(11(13)6-10)15-7-9-4-5-18-8-9/h2-6,8,14-15H,7,13H2,1H3. The molecule has 0 aliphatic carbocycles. The van der Waals surface area contributed by atoms with Crippen LogP contribution < -0.4 is 15.8 Å². The lowest BCUT2D eigenvalue weighted by Crippen LogP contribution is -2.18. The van der Waals surface area contributed by atoms with Gasteiger partial charge in [0.25, 0.3) is 0 Å². The molecule has 1 aromatic carbocycles. The number of furan rings is 1. The molecule has 0 aliphatic rings. The number of rotatable bonds is 5. The Morgan fingerprint density at radius 1 is 1.32 bits per heavy atom. The van der Waals surface area contributed by atoms with E-state index in [-0.39, 0.29) is 4.90 Å². The summed E-state index contributed by atoms with van der Waals surface area (Å²) >= 11 is 0. The third-order valence-electron chi connectivity index (χ3n) is 2.67. The molecule has 19 heavy (non-hydrogen) atoms. The minimum Gasteiger partial charge on any atom is -0.472 e. The first kappa shape index (κ1) is 13.4. The zero-order chi connectivity index (χ0) is 13.9. The van der Waals surface area contributed by atoms with Crippen molar-refractivity contribution in [1.82, 2.24) is 4.72 Å². The van der Waals surface area contributed by atoms with Gasteiger partial charge in [-0.1, -0.05) is 0 Å². The Morgan fingerprint density at radius 3 is 2.68 bits per heavy atom. The van der Waals surface area contributed by atoms with Crippen LogP contribution in [0.5, 0.6) is 0 Å². The molecule has 0 radical (unpaired) electrons. The molecular formula is C12H15N3O3S. The highest BCUT2D eigenvalue weighted by atomic mass is 32.2. The summed E-state index contributed by atoms with van der Waals surface area (Å²) in [6.07, 6.45) is 3.21. The quantitative estimate of drug-likeness (QED) is 0.719. The molecular weight excluding hydrogens is 266 g/mol. The van der Waals surface area contributed by atoms with Gasteiger partial charge in [0, 0.05) is 12.1 Å². The van der Waals surface area contributed by atoms with Crippen molar-refractivity contribution in [3.8, 4) is 0 Å². The molecule has 0 saturated heterocycles. The molecule has 1 aromatic heterocycles. The third kappa shape index (κ3) is 3.07. The fraction of sp³-hybridized carbons (Fsp3) is 0.167. The SMILES string of the molecule is CNS(=O)(=O)c1ccc(NCc2ccoc2)c(N)c1. The van der Waals surface area contributed by atoms with Crippen LogP contribution in [0.4, 0.5) is 11.4 Å². The number of nitrogen functional groups attached to an aromatic ring is 1. The van der Waals surface area contributed by atoms with Crippen molar-refractivity contribution >= 4 is 21.4 Å². The maximum Gasteiger partial charge on any atom is 0.240 e. The Hall–Kier alpha value is -1.99. The lowest BCUT2D eigenvalue weighted by Gasteiger charge is -2.10. The van der Waals surface area contributed by atoms with Crippen LogP contribution in [0.1, 0.15) is 5.56 Å². The predicted octanol–water partition coefficient (Wildman–Crippen LogP) is 1.38. The van der Waals surface area contributed by atoms with Crippen molar-refractivity contribution in [2.45, 2.75) is 11.4 Å². The summed E-state index contributed by atoms with van der Waals surface area (Å²) < 4.78 is 30.4. The summed E-state index contributed by atoms with van der Waals surface area (Å²) in [6, 6.07) is 6.39. The minimum atomic E-state index is -3.47. The summed E-state index contributed by atoms with van der Waals surface area (Å²) in [5.41, 5.74) is 7.86. The molecule has 6 nitrogen and oxygen atoms in total. The van der Waals surface area contributed by atoms with Crippen LogP contribution in [0, 0.1) is 0 Å². The number of sulfonamides is 1. The fourth-order valence-electron chi connectivity index (χ4n) is 1.58. The average molecular weight is 281 g/mol. The van der Waals surface area contributed by atoms with Crippen LogP contribution in [-0.4, -0.2) is 15.5 Å². The maximum absolute atomic E-state index is 11.6. The molecule has 0 bridgehead atoms. The Labute approximate surface area is 111 Å². The molecule has 0 atom stereocenters. The van der Waals surface area contributed by atoms with Gasteiger partial charge >= 0.3 is 0 Å². The first-order valence-corrected chi connectivity index (χ1v) is 7.09. The van der Waals surface area contributed by atoms with Gasteiger partial charge in [0.2, 0.25) is 10.0 Å². The Bertz CT molecular complexity index is 651. The van der Waals surface area contributed by atoms with Gasteiger partial charge in [0.15, 0.2) is 0 Å². The van der Waals surface area contributed by atoms with Gasteiger partial charge in [-0.25, -0.2) is 13.1 Å². The molecule has 0 aliphatic heterocycles. The van der Waals surface area contributed by atoms with Gasteiger partial charge in [-0.05, 0) is 31.3 Å². The molecule has 4 N–H and O–H groups in total. The van der Waals surface area contributed by atoms with E-state index in [2.05, 4.69) is 10.0 Å². The number of nitrogens with two attached hydrogens (primary N) is 1. The lowest BCUT2D eigenvalue weighted by atomic mass is 10.2. The summed E-state index contributed by atoms with van der Waals surface area (Å²) in [6.45, 7) is 0.554. The van der Waals surface area contributed by atoms with Crippen LogP contribution in [0.3, 0.4) is 0 Å². The third-order valence-corrected chi connectivity index (χ3v) is 4.08. The topological polar surface area (TPSA) is 97.4 Å². The largest absolute Gasteiger partial charge is 0.472 e. The van der Waals surface area contributed by atoms with Crippen molar-refractivity contribution in [1.29, 1.82) is 0 Å². The van der Waals surface area contributed by atoms with Crippen molar-refractivity contribution < 1.29 is 12.8 Å². The summed E-state index contributed by atoms with van der Waals surface area (Å²) in [4.78, 5) is 0.140. The van der Waals surface area contributed by atoms with E-state index in [1.807, 2.05) is 6.07 Å². The van der Waals surface area contributed by atoms with E-state index < -0.39 is 10.0 Å². The van der Waals surface area contributed by atoms with Gasteiger partial charge in [-0.15, -0.1) is 0 Å². The normalized spacial score (nSPS) is 11.4. The zero-order valence-corrected chi connectivity index (χ0v) is 11.2. The van der Waals surface area contributed by atoms with Gasteiger partial charge in [0.1, 0.15) is 0 Å². The Kier molecular flexibility index (Phi) is 3.77. The molecule has 102 valence electrons. The average Bonchev–Trinajstić information content (AvgIpc) is 2.90. The Morgan fingerprint density at radius 2 is 2.11 bits per heavy atom. The fourth-order valence-corrected chi connectivity index (χ4v) is 2.34. The second-order valence-electron chi connectivity index (χ2n) is 3.94. The highest BCUT2D eigenvalue weighted by Crippen LogP contribution is 2.23.